The van der Waals surface area contributed by atoms with Crippen molar-refractivity contribution < 1.29 is 48.4 Å². The van der Waals surface area contributed by atoms with Gasteiger partial charge in [-0.3, -0.25) is 0 Å². The Balaban J connectivity index is -0.0000000300. The van der Waals surface area contributed by atoms with Gasteiger partial charge in [-0.25, -0.2) is 0 Å². The van der Waals surface area contributed by atoms with Crippen molar-refractivity contribution in [3.05, 3.63) is 30.6 Å². The van der Waals surface area contributed by atoms with Crippen LogP contribution in [0.2, 0.25) is 0 Å². The molecule has 0 aromatic heterocycles. The molecule has 10 heteroatoms. The van der Waals surface area contributed by atoms with Crippen LogP contribution in [0, 0.1) is 30.6 Å². The number of hydrogen-bond donors (Lipinski definition) is 0. The first kappa shape index (κ1) is 22.7. The summed E-state index contributed by atoms with van der Waals surface area (Å²) in [6, 6.07) is 0. The fourth-order valence-corrected chi connectivity index (χ4v) is 0. The monoisotopic (exact) mass is 231 g/mol. The summed E-state index contributed by atoms with van der Waals surface area (Å²) in [5.41, 5.74) is 0. The van der Waals surface area contributed by atoms with Gasteiger partial charge in [0.25, 0.3) is 0 Å². The van der Waals surface area contributed by atoms with E-state index in [-0.39, 0.29) is 38.2 Å². The molecule has 0 fully saturated rings. The molecule has 10 heavy (non-hydrogen) atoms. The van der Waals surface area contributed by atoms with Crippen molar-refractivity contribution in [2.45, 2.75) is 0 Å². The molecule has 59 valence electrons. The summed E-state index contributed by atoms with van der Waals surface area (Å²) < 4.78 is 0. The van der Waals surface area contributed by atoms with Gasteiger partial charge in [0.05, 0.1) is 10.2 Å². The average molecular weight is 231 g/mol. The molecule has 1 radical (unpaired) electrons. The van der Waals surface area contributed by atoms with E-state index in [1.165, 1.54) is 0 Å². The molecule has 0 aromatic rings. The number of rotatable bonds is 0. The quantitative estimate of drug-likeness (QED) is 0.370. The smallest absolute Gasteiger partial charge is 0.0689 e. The van der Waals surface area contributed by atoms with E-state index in [4.69, 9.17) is 30.6 Å². The Morgan fingerprint density at radius 2 is 0.800 bits per heavy atom. The molecule has 0 amide bonds. The van der Waals surface area contributed by atoms with Crippen LogP contribution in [0.5, 0.6) is 0 Å². The molecule has 0 aliphatic heterocycles. The molecule has 0 atom stereocenters. The zero-order valence-corrected chi connectivity index (χ0v) is 7.26. The van der Waals surface area contributed by atoms with Crippen LogP contribution < -0.4 is 0 Å². The second-order valence-corrected chi connectivity index (χ2v) is 0.447. The summed E-state index contributed by atoms with van der Waals surface area (Å²) >= 11 is 0. The van der Waals surface area contributed by atoms with Crippen LogP contribution in [0.1, 0.15) is 0 Å². The van der Waals surface area contributed by atoms with Crippen molar-refractivity contribution in [3.8, 4) is 0 Å². The van der Waals surface area contributed by atoms with Crippen molar-refractivity contribution >= 4 is 0 Å². The average Bonchev–Trinajstić information content (AvgIpc) is 1.25. The summed E-state index contributed by atoms with van der Waals surface area (Å²) in [5, 5.41) is 29.5. The van der Waals surface area contributed by atoms with Gasteiger partial charge in [0.2, 0.25) is 0 Å². The normalized spacial score (nSPS) is 4.80. The second-order valence-electron chi connectivity index (χ2n) is 0.447. The van der Waals surface area contributed by atoms with Crippen LogP contribution in [0.15, 0.2) is 0 Å². The largest absolute Gasteiger partial charge is 0.412 e. The van der Waals surface area contributed by atoms with Crippen LogP contribution >= 0.6 is 0 Å². The Labute approximate surface area is 79.0 Å². The first-order chi connectivity index (χ1) is 3.46. The van der Waals surface area contributed by atoms with E-state index in [0.29, 0.717) is 0 Å². The maximum Gasteiger partial charge on any atom is 0.0689 e. The third kappa shape index (κ3) is 1090. The third-order valence-corrected chi connectivity index (χ3v) is 0. The van der Waals surface area contributed by atoms with E-state index < -0.39 is 10.2 Å². The van der Waals surface area contributed by atoms with Gasteiger partial charge in [-0.2, -0.15) is 0 Å². The molecule has 2 N–H and O–H groups in total. The fraction of sp³-hybridized carbons (Fsp3) is 0. The summed E-state index contributed by atoms with van der Waals surface area (Å²) in [5.74, 6) is 0. The van der Waals surface area contributed by atoms with Gasteiger partial charge in [-0.1, -0.05) is 0 Å². The van der Waals surface area contributed by atoms with Crippen molar-refractivity contribution in [2.75, 3.05) is 0 Å². The van der Waals surface area contributed by atoms with Crippen molar-refractivity contribution in [1.82, 2.24) is 0 Å². The number of hydrogen-bond acceptors (Lipinski definition) is 6. The zero-order chi connectivity index (χ0) is 7.15. The Morgan fingerprint density at radius 1 is 0.800 bits per heavy atom. The van der Waals surface area contributed by atoms with E-state index in [9.17, 15) is 0 Å². The molecule has 0 bridgehead atoms. The minimum atomic E-state index is -1.75. The molecule has 0 saturated heterocycles. The molecule has 0 aliphatic carbocycles. The van der Waals surface area contributed by atoms with Gasteiger partial charge < -0.3 is 36.1 Å². The SMILES string of the molecule is O.O=[N+]([O-])[O-].O=[N+]([O-])[O-].[Y]. The van der Waals surface area contributed by atoms with E-state index >= 15 is 0 Å². The standard InChI is InChI=1S/2NO3.H2O.Y/c2*2-1(3)4;;/h;;1H2;/q2*-1;;. The molecule has 0 aliphatic rings. The van der Waals surface area contributed by atoms with Crippen LogP contribution in [0.25, 0.3) is 0 Å². The fourth-order valence-electron chi connectivity index (χ4n) is 0. The minimum absolute atomic E-state index is 0. The van der Waals surface area contributed by atoms with Crippen LogP contribution in [-0.4, -0.2) is 15.6 Å². The summed E-state index contributed by atoms with van der Waals surface area (Å²) in [6.45, 7) is 0. The third-order valence-electron chi connectivity index (χ3n) is 0. The Morgan fingerprint density at radius 3 is 0.800 bits per heavy atom. The molecule has 0 unspecified atom stereocenters. The molecular formula is H2N2O7Y-2. The first-order valence-corrected chi connectivity index (χ1v) is 1.10. The van der Waals surface area contributed by atoms with Gasteiger partial charge in [0.1, 0.15) is 0 Å². The van der Waals surface area contributed by atoms with Gasteiger partial charge in [0, 0.05) is 32.7 Å². The maximum atomic E-state index is 8.25. The van der Waals surface area contributed by atoms with Crippen LogP contribution in [0.4, 0.5) is 0 Å². The molecule has 0 saturated carbocycles. The van der Waals surface area contributed by atoms with Gasteiger partial charge in [-0.15, -0.1) is 0 Å². The molecular weight excluding hydrogens is 229 g/mol. The molecule has 9 nitrogen and oxygen atoms in total. The van der Waals surface area contributed by atoms with Gasteiger partial charge >= 0.3 is 0 Å². The van der Waals surface area contributed by atoms with Crippen LogP contribution in [-0.2, 0) is 32.7 Å². The van der Waals surface area contributed by atoms with E-state index in [1.807, 2.05) is 0 Å². The molecule has 0 aromatic carbocycles. The Hall–Kier alpha value is -0.536. The predicted octanol–water partition coefficient (Wildman–Crippen LogP) is -1.31. The number of nitrogens with zero attached hydrogens (tertiary/aromatic N) is 2. The van der Waals surface area contributed by atoms with Crippen LogP contribution in [0.3, 0.4) is 0 Å². The summed E-state index contributed by atoms with van der Waals surface area (Å²) in [7, 11) is 0. The predicted molar refractivity (Wildman–Crippen MR) is 24.3 cm³/mol. The maximum absolute atomic E-state index is 8.25. The van der Waals surface area contributed by atoms with Gasteiger partial charge in [0.15, 0.2) is 0 Å². The van der Waals surface area contributed by atoms with E-state index in [2.05, 4.69) is 0 Å². The van der Waals surface area contributed by atoms with E-state index in [0.717, 1.165) is 0 Å². The minimum Gasteiger partial charge on any atom is -0.412 e. The van der Waals surface area contributed by atoms with Crippen molar-refractivity contribution in [3.63, 3.8) is 0 Å². The Kier molecular flexibility index (Phi) is 35.9. The Bertz CT molecular complexity index is 69.6. The van der Waals surface area contributed by atoms with Crippen molar-refractivity contribution in [1.29, 1.82) is 0 Å². The van der Waals surface area contributed by atoms with Crippen molar-refractivity contribution in [2.24, 2.45) is 0 Å². The molecule has 0 heterocycles. The van der Waals surface area contributed by atoms with E-state index in [1.54, 1.807) is 0 Å². The molecule has 0 rings (SSSR count). The zero-order valence-electron chi connectivity index (χ0n) is 4.42. The summed E-state index contributed by atoms with van der Waals surface area (Å²) in [4.78, 5) is 16.5. The topological polar surface area (TPSA) is 164 Å². The molecule has 0 spiro atoms. The second kappa shape index (κ2) is 15.8. The van der Waals surface area contributed by atoms with Gasteiger partial charge in [-0.05, 0) is 0 Å². The first-order valence-electron chi connectivity index (χ1n) is 1.10. The summed E-state index contributed by atoms with van der Waals surface area (Å²) in [6.07, 6.45) is 0.